The Morgan fingerprint density at radius 3 is 2.43 bits per heavy atom. The first-order valence-corrected chi connectivity index (χ1v) is 9.14. The lowest BCUT2D eigenvalue weighted by molar-refractivity contribution is 0.132. The van der Waals surface area contributed by atoms with Crippen molar-refractivity contribution in [2.24, 2.45) is 0 Å². The average Bonchev–Trinajstić information content (AvgIpc) is 2.73. The minimum Gasteiger partial charge on any atom is -0.487 e. The molecule has 1 N–H and O–H groups in total. The highest BCUT2D eigenvalue weighted by Crippen LogP contribution is 2.35. The highest BCUT2D eigenvalue weighted by atomic mass is 79.9. The van der Waals surface area contributed by atoms with Crippen molar-refractivity contribution in [2.45, 2.75) is 0 Å². The second kappa shape index (κ2) is 10.2. The van der Waals surface area contributed by atoms with E-state index in [4.69, 9.17) is 27.2 Å². The first kappa shape index (κ1) is 13.7. The second-order valence-corrected chi connectivity index (χ2v) is 6.48. The van der Waals surface area contributed by atoms with Gasteiger partial charge in [-0.1, -0.05) is 22.0 Å². The molecule has 0 aliphatic rings. The van der Waals surface area contributed by atoms with E-state index in [0.717, 1.165) is 10.2 Å². The van der Waals surface area contributed by atoms with E-state index in [0.29, 0.717) is 16.7 Å². The number of nitrogens with one attached hydrogen (secondary N) is 1. The van der Waals surface area contributed by atoms with Gasteiger partial charge in [-0.25, -0.2) is 9.97 Å². The monoisotopic (exact) mass is 453 g/mol. The number of methoxy groups -OCH3 is 2. The van der Waals surface area contributed by atoms with Gasteiger partial charge in [-0.3, -0.25) is 0 Å². The van der Waals surface area contributed by atoms with Gasteiger partial charge >= 0.3 is 0 Å². The molecule has 28 heavy (non-hydrogen) atoms. The van der Waals surface area contributed by atoms with E-state index in [-0.39, 0.29) is 37.9 Å². The summed E-state index contributed by atoms with van der Waals surface area (Å²) in [7, 11) is -5.06. The predicted octanol–water partition coefficient (Wildman–Crippen LogP) is 4.19. The van der Waals surface area contributed by atoms with Crippen LogP contribution in [0.2, 0.25) is 0 Å². The van der Waals surface area contributed by atoms with Crippen LogP contribution in [0.15, 0.2) is 47.2 Å². The molecule has 8 heteroatoms. The van der Waals surface area contributed by atoms with Crippen molar-refractivity contribution in [1.29, 1.82) is 0 Å². The van der Waals surface area contributed by atoms with Crippen molar-refractivity contribution < 1.29 is 27.2 Å². The van der Waals surface area contributed by atoms with Crippen LogP contribution in [0.1, 0.15) is 8.22 Å². The summed E-state index contributed by atoms with van der Waals surface area (Å²) in [6.07, 6.45) is 1.40. The molecule has 0 fully saturated rings. The van der Waals surface area contributed by atoms with Crippen molar-refractivity contribution in [3.63, 3.8) is 0 Å². The Labute approximate surface area is 180 Å². The number of benzene rings is 2. The maximum absolute atomic E-state index is 7.12. The molecule has 0 aliphatic carbocycles. The van der Waals surface area contributed by atoms with E-state index in [9.17, 15) is 0 Å². The molecule has 0 saturated carbocycles. The molecule has 0 spiro atoms. The Morgan fingerprint density at radius 1 is 0.964 bits per heavy atom. The van der Waals surface area contributed by atoms with Crippen LogP contribution in [0.4, 0.5) is 11.5 Å². The quantitative estimate of drug-likeness (QED) is 0.461. The van der Waals surface area contributed by atoms with Crippen LogP contribution in [-0.2, 0) is 9.47 Å². The number of nitrogens with zero attached hydrogens (tertiary/aromatic N) is 2. The van der Waals surface area contributed by atoms with E-state index in [2.05, 4.69) is 31.2 Å². The molecule has 0 saturated heterocycles. The molecule has 3 rings (SSSR count). The first-order valence-electron chi connectivity index (χ1n) is 11.3. The number of halogens is 1. The van der Waals surface area contributed by atoms with Crippen LogP contribution in [0.25, 0.3) is 10.9 Å². The van der Waals surface area contributed by atoms with E-state index < -0.39 is 14.1 Å². The summed E-state index contributed by atoms with van der Waals surface area (Å²) in [4.78, 5) is 8.60. The Bertz CT molecular complexity index is 1110. The molecule has 1 heterocycles. The highest BCUT2D eigenvalue weighted by Gasteiger charge is 2.13. The summed E-state index contributed by atoms with van der Waals surface area (Å²) in [6, 6.07) is 10.8. The number of hydrogen-bond acceptors (Lipinski definition) is 7. The predicted molar refractivity (Wildman–Crippen MR) is 112 cm³/mol. The lowest BCUT2D eigenvalue weighted by atomic mass is 10.2. The molecule has 1 aromatic heterocycles. The minimum absolute atomic E-state index is 0.0553. The lowest BCUT2D eigenvalue weighted by Gasteiger charge is -2.15. The summed E-state index contributed by atoms with van der Waals surface area (Å²) in [5.74, 6) is 1.08. The molecular formula is C20H22BrN3O4. The molecule has 7 nitrogen and oxygen atoms in total. The summed E-state index contributed by atoms with van der Waals surface area (Å²) in [5, 5.41) is 3.86. The normalized spacial score (nSPS) is 14.9. The van der Waals surface area contributed by atoms with Crippen LogP contribution in [-0.4, -0.2) is 50.5 Å². The molecule has 2 aromatic carbocycles. The molecule has 3 aromatic rings. The minimum atomic E-state index is -2.53. The number of aromatic nitrogens is 2. The standard InChI is InChI=1S/C20H22BrN3O4/c1-25-6-8-27-18-11-16-17(12-19(18)28-9-7-26-2)22-13-23-20(16)24-15-5-3-4-14(21)10-15/h3-5,10-13H,6-9H2,1-2H3,(H,22,23,24)/i1D3,2D3. The van der Waals surface area contributed by atoms with Crippen molar-refractivity contribution in [3.05, 3.63) is 47.2 Å². The fraction of sp³-hybridized carbons (Fsp3) is 0.300. The Hall–Kier alpha value is -2.42. The summed E-state index contributed by atoms with van der Waals surface area (Å²) in [5.41, 5.74) is 1.34. The highest BCUT2D eigenvalue weighted by molar-refractivity contribution is 9.10. The molecule has 148 valence electrons. The van der Waals surface area contributed by atoms with E-state index in [1.807, 2.05) is 24.3 Å². The van der Waals surface area contributed by atoms with Crippen molar-refractivity contribution >= 4 is 38.3 Å². The van der Waals surface area contributed by atoms with Gasteiger partial charge in [-0.05, 0) is 24.3 Å². The Kier molecular flexibility index (Phi) is 5.00. The van der Waals surface area contributed by atoms with Gasteiger partial charge in [0.25, 0.3) is 0 Å². The van der Waals surface area contributed by atoms with Gasteiger partial charge in [-0.15, -0.1) is 0 Å². The largest absolute Gasteiger partial charge is 0.487 e. The fourth-order valence-electron chi connectivity index (χ4n) is 2.48. The Morgan fingerprint density at radius 2 is 1.71 bits per heavy atom. The zero-order chi connectivity index (χ0) is 24.8. The SMILES string of the molecule is [2H]C([2H])([2H])OCCOc1cc2ncnc(Nc3cccc(Br)c3)c2cc1OCCOC([2H])([2H])[2H]. The zero-order valence-electron chi connectivity index (χ0n) is 20.8. The van der Waals surface area contributed by atoms with Crippen LogP contribution in [0.5, 0.6) is 11.5 Å². The molecule has 0 amide bonds. The van der Waals surface area contributed by atoms with Gasteiger partial charge in [0.05, 0.1) is 27.0 Å². The van der Waals surface area contributed by atoms with Gasteiger partial charge in [0.1, 0.15) is 25.4 Å². The summed E-state index contributed by atoms with van der Waals surface area (Å²) in [6.45, 7) is -0.464. The third-order valence-electron chi connectivity index (χ3n) is 3.67. The van der Waals surface area contributed by atoms with Gasteiger partial charge in [0.2, 0.25) is 0 Å². The number of fused-ring (bicyclic) bond motifs is 1. The third-order valence-corrected chi connectivity index (χ3v) is 4.17. The van der Waals surface area contributed by atoms with E-state index >= 15 is 0 Å². The van der Waals surface area contributed by atoms with Gasteiger partial charge < -0.3 is 24.3 Å². The number of ether oxygens (including phenoxy) is 4. The third kappa shape index (κ3) is 5.31. The summed E-state index contributed by atoms with van der Waals surface area (Å²) < 4.78 is 64.4. The molecule has 0 radical (unpaired) electrons. The van der Waals surface area contributed by atoms with Gasteiger partial charge in [0, 0.05) is 35.7 Å². The fourth-order valence-corrected chi connectivity index (χ4v) is 2.88. The van der Waals surface area contributed by atoms with Crippen LogP contribution in [0, 0.1) is 0 Å². The maximum atomic E-state index is 7.12. The average molecular weight is 454 g/mol. The van der Waals surface area contributed by atoms with Crippen molar-refractivity contribution in [3.8, 4) is 11.5 Å². The molecular weight excluding hydrogens is 426 g/mol. The van der Waals surface area contributed by atoms with Crippen LogP contribution >= 0.6 is 15.9 Å². The second-order valence-electron chi connectivity index (χ2n) is 5.57. The van der Waals surface area contributed by atoms with Crippen molar-refractivity contribution in [1.82, 2.24) is 9.97 Å². The van der Waals surface area contributed by atoms with E-state index in [1.54, 1.807) is 12.1 Å². The molecule has 0 atom stereocenters. The number of hydrogen-bond donors (Lipinski definition) is 1. The zero-order valence-corrected chi connectivity index (χ0v) is 16.4. The van der Waals surface area contributed by atoms with Gasteiger partial charge in [0.15, 0.2) is 11.5 Å². The van der Waals surface area contributed by atoms with Crippen LogP contribution < -0.4 is 14.8 Å². The number of rotatable bonds is 10. The molecule has 0 aliphatic heterocycles. The maximum Gasteiger partial charge on any atom is 0.163 e. The first-order chi connectivity index (χ1) is 16.0. The van der Waals surface area contributed by atoms with Gasteiger partial charge in [-0.2, -0.15) is 0 Å². The molecule has 0 unspecified atom stereocenters. The molecule has 0 bridgehead atoms. The smallest absolute Gasteiger partial charge is 0.163 e. The Balaban J connectivity index is 1.85. The van der Waals surface area contributed by atoms with E-state index in [1.165, 1.54) is 6.33 Å². The van der Waals surface area contributed by atoms with Crippen LogP contribution in [0.3, 0.4) is 0 Å². The topological polar surface area (TPSA) is 74.7 Å². The number of anilines is 2. The van der Waals surface area contributed by atoms with Crippen molar-refractivity contribution in [2.75, 3.05) is 45.8 Å². The summed E-state index contributed by atoms with van der Waals surface area (Å²) >= 11 is 3.43. The lowest BCUT2D eigenvalue weighted by Crippen LogP contribution is -2.09.